The second-order valence-electron chi connectivity index (χ2n) is 16.4. The van der Waals surface area contributed by atoms with Gasteiger partial charge in [0.1, 0.15) is 11.4 Å². The van der Waals surface area contributed by atoms with Crippen molar-refractivity contribution in [3.05, 3.63) is 124 Å². The minimum atomic E-state index is -0.901. The van der Waals surface area contributed by atoms with E-state index in [1.165, 1.54) is 33.5 Å². The molecule has 3 aliphatic heterocycles. The van der Waals surface area contributed by atoms with Gasteiger partial charge in [0.05, 0.1) is 13.2 Å². The summed E-state index contributed by atoms with van der Waals surface area (Å²) in [5.74, 6) is 1.50. The maximum atomic E-state index is 7.73. The molecular formula is C48H51NO5. The molecule has 5 aromatic carbocycles. The van der Waals surface area contributed by atoms with E-state index in [4.69, 9.17) is 23.7 Å². The lowest BCUT2D eigenvalue weighted by Gasteiger charge is -2.53. The van der Waals surface area contributed by atoms with Crippen molar-refractivity contribution in [1.29, 1.82) is 0 Å². The van der Waals surface area contributed by atoms with E-state index in [1.54, 1.807) is 0 Å². The molecule has 2 unspecified atom stereocenters. The molecule has 1 aliphatic carbocycles. The number of morpholine rings is 1. The number of hydrogen-bond acceptors (Lipinski definition) is 6. The summed E-state index contributed by atoms with van der Waals surface area (Å²) in [5.41, 5.74) is 8.55. The Kier molecular flexibility index (Phi) is 8.18. The predicted molar refractivity (Wildman–Crippen MR) is 217 cm³/mol. The lowest BCUT2D eigenvalue weighted by atomic mass is 9.57. The number of unbranched alkanes of at least 4 members (excludes halogenated alkanes) is 1. The van der Waals surface area contributed by atoms with Crippen LogP contribution in [0.25, 0.3) is 28.0 Å². The number of rotatable bonds is 7. The van der Waals surface area contributed by atoms with Crippen LogP contribution in [0.15, 0.2) is 91.0 Å². The number of benzene rings is 5. The minimum Gasteiger partial charge on any atom is -0.472 e. The average molecular weight is 722 g/mol. The fourth-order valence-corrected chi connectivity index (χ4v) is 9.67. The number of nitrogens with zero attached hydrogens (tertiary/aromatic N) is 1. The maximum Gasteiger partial charge on any atom is 0.246 e. The van der Waals surface area contributed by atoms with Crippen LogP contribution in [-0.2, 0) is 26.1 Å². The van der Waals surface area contributed by atoms with Crippen molar-refractivity contribution < 1.29 is 23.7 Å². The van der Waals surface area contributed by atoms with Crippen LogP contribution in [0.5, 0.6) is 17.2 Å². The van der Waals surface area contributed by atoms with Crippen LogP contribution >= 0.6 is 0 Å². The van der Waals surface area contributed by atoms with E-state index in [-0.39, 0.29) is 5.41 Å². The Hall–Kier alpha value is -4.78. The van der Waals surface area contributed by atoms with Crippen LogP contribution in [0.1, 0.15) is 87.3 Å². The number of fused-ring (bicyclic) bond motifs is 9. The van der Waals surface area contributed by atoms with Gasteiger partial charge in [0.25, 0.3) is 0 Å². The van der Waals surface area contributed by atoms with E-state index in [9.17, 15) is 0 Å². The van der Waals surface area contributed by atoms with Crippen molar-refractivity contribution in [3.8, 4) is 28.4 Å². The molecule has 54 heavy (non-hydrogen) atoms. The molecule has 9 rings (SSSR count). The van der Waals surface area contributed by atoms with Gasteiger partial charge in [-0.2, -0.15) is 0 Å². The van der Waals surface area contributed by atoms with Gasteiger partial charge in [0.2, 0.25) is 5.79 Å². The molecule has 5 aromatic rings. The van der Waals surface area contributed by atoms with Crippen LogP contribution in [0.2, 0.25) is 0 Å². The summed E-state index contributed by atoms with van der Waals surface area (Å²) in [6.45, 7) is 16.3. The second-order valence-corrected chi connectivity index (χ2v) is 16.4. The first-order valence-electron chi connectivity index (χ1n) is 19.6. The third-order valence-electron chi connectivity index (χ3n) is 12.5. The van der Waals surface area contributed by atoms with Crippen molar-refractivity contribution in [2.24, 2.45) is 0 Å². The van der Waals surface area contributed by atoms with E-state index in [2.05, 4.69) is 130 Å². The maximum absolute atomic E-state index is 7.73. The molecule has 4 aliphatic rings. The minimum absolute atomic E-state index is 0.352. The standard InChI is InChI=1S/C48H51NO5/c1-8-9-23-48(50-7)43-36-22-24-47(32-16-14-31(2)15-17-32,33-18-20-34(21-19-33)49-25-27-51-28-26-49)54-44(36)38-30-41-40(52-46(5,6)53-41)29-37(38)42(43)35-12-10-11-13-39(35)45(48,3)4/h10-22,24,29-30H,8-9,23,25-28H2,1-7H3. The third kappa shape index (κ3) is 5.13. The molecule has 278 valence electrons. The third-order valence-corrected chi connectivity index (χ3v) is 12.5. The van der Waals surface area contributed by atoms with E-state index >= 15 is 0 Å². The van der Waals surface area contributed by atoms with Crippen LogP contribution in [0, 0.1) is 6.92 Å². The van der Waals surface area contributed by atoms with Crippen molar-refractivity contribution in [3.63, 3.8) is 0 Å². The summed E-state index contributed by atoms with van der Waals surface area (Å²) < 4.78 is 33.2. The van der Waals surface area contributed by atoms with Crippen LogP contribution in [0.3, 0.4) is 0 Å². The van der Waals surface area contributed by atoms with Gasteiger partial charge in [-0.05, 0) is 65.8 Å². The van der Waals surface area contributed by atoms with Crippen molar-refractivity contribution in [2.75, 3.05) is 38.3 Å². The van der Waals surface area contributed by atoms with E-state index in [0.717, 1.165) is 90.3 Å². The summed E-state index contributed by atoms with van der Waals surface area (Å²) in [7, 11) is 1.90. The topological polar surface area (TPSA) is 49.4 Å². The lowest BCUT2D eigenvalue weighted by molar-refractivity contribution is -0.0808. The molecule has 3 heterocycles. The van der Waals surface area contributed by atoms with Crippen molar-refractivity contribution in [1.82, 2.24) is 0 Å². The van der Waals surface area contributed by atoms with Gasteiger partial charge in [-0.15, -0.1) is 0 Å². The Morgan fingerprint density at radius 2 is 1.43 bits per heavy atom. The summed E-state index contributed by atoms with van der Waals surface area (Å²) >= 11 is 0. The first kappa shape index (κ1) is 35.0. The van der Waals surface area contributed by atoms with Crippen LogP contribution in [-0.4, -0.2) is 39.2 Å². The highest BCUT2D eigenvalue weighted by atomic mass is 16.7. The molecule has 0 bridgehead atoms. The van der Waals surface area contributed by atoms with Gasteiger partial charge >= 0.3 is 0 Å². The van der Waals surface area contributed by atoms with Crippen molar-refractivity contribution >= 4 is 22.5 Å². The number of anilines is 1. The molecule has 0 spiro atoms. The zero-order valence-corrected chi connectivity index (χ0v) is 32.7. The number of hydrogen-bond donors (Lipinski definition) is 0. The lowest BCUT2D eigenvalue weighted by Crippen LogP contribution is -2.50. The molecule has 6 nitrogen and oxygen atoms in total. The van der Waals surface area contributed by atoms with Gasteiger partial charge in [0, 0.05) is 72.8 Å². The van der Waals surface area contributed by atoms with Gasteiger partial charge < -0.3 is 28.6 Å². The highest BCUT2D eigenvalue weighted by Gasteiger charge is 2.55. The largest absolute Gasteiger partial charge is 0.472 e. The quantitative estimate of drug-likeness (QED) is 0.167. The molecule has 0 radical (unpaired) electrons. The normalized spacial score (nSPS) is 23.1. The van der Waals surface area contributed by atoms with Crippen LogP contribution < -0.4 is 19.1 Å². The zero-order valence-electron chi connectivity index (χ0n) is 32.7. The highest BCUT2D eigenvalue weighted by Crippen LogP contribution is 2.63. The number of aryl methyl sites for hydroxylation is 1. The Morgan fingerprint density at radius 3 is 2.09 bits per heavy atom. The SMILES string of the molecule is CCCCC1(OC)c2c3c(c4cc5c(cc4c2-c2ccccc2C1(C)C)OC(C)(C)O5)OC(c1ccc(C)cc1)(c1ccc(N2CCOCC2)cc1)C=C3. The van der Waals surface area contributed by atoms with E-state index < -0.39 is 17.0 Å². The number of ether oxygens (including phenoxy) is 5. The molecule has 0 N–H and O–H groups in total. The Labute approximate surface area is 319 Å². The van der Waals surface area contributed by atoms with Gasteiger partial charge in [-0.3, -0.25) is 0 Å². The fraction of sp³-hybridized carbons (Fsp3) is 0.375. The fourth-order valence-electron chi connectivity index (χ4n) is 9.67. The molecule has 0 saturated carbocycles. The first-order valence-corrected chi connectivity index (χ1v) is 19.6. The Bertz CT molecular complexity index is 2280. The molecule has 1 saturated heterocycles. The van der Waals surface area contributed by atoms with E-state index in [1.807, 2.05) is 21.0 Å². The summed E-state index contributed by atoms with van der Waals surface area (Å²) in [6.07, 6.45) is 7.55. The van der Waals surface area contributed by atoms with Gasteiger partial charge in [0.15, 0.2) is 17.1 Å². The molecule has 2 atom stereocenters. The van der Waals surface area contributed by atoms with E-state index in [0.29, 0.717) is 0 Å². The summed E-state index contributed by atoms with van der Waals surface area (Å²) in [6, 6.07) is 30.9. The Morgan fingerprint density at radius 1 is 0.778 bits per heavy atom. The molecule has 0 amide bonds. The van der Waals surface area contributed by atoms with Crippen molar-refractivity contribution in [2.45, 2.75) is 83.2 Å². The summed E-state index contributed by atoms with van der Waals surface area (Å²) in [5, 5.41) is 2.06. The molecule has 1 fully saturated rings. The van der Waals surface area contributed by atoms with Gasteiger partial charge in [-0.1, -0.05) is 106 Å². The average Bonchev–Trinajstić information content (AvgIpc) is 3.50. The predicted octanol–water partition coefficient (Wildman–Crippen LogP) is 10.8. The zero-order chi connectivity index (χ0) is 37.5. The molecule has 0 aromatic heterocycles. The monoisotopic (exact) mass is 721 g/mol. The Balaban J connectivity index is 1.35. The summed E-state index contributed by atoms with van der Waals surface area (Å²) in [4.78, 5) is 2.39. The smallest absolute Gasteiger partial charge is 0.246 e. The molecule has 6 heteroatoms. The second kappa shape index (κ2) is 12.6. The van der Waals surface area contributed by atoms with Gasteiger partial charge in [-0.25, -0.2) is 0 Å². The number of methoxy groups -OCH3 is 1. The first-order chi connectivity index (χ1) is 26.0. The molecular weight excluding hydrogens is 671 g/mol. The van der Waals surface area contributed by atoms with Crippen LogP contribution in [0.4, 0.5) is 5.69 Å². The highest BCUT2D eigenvalue weighted by molar-refractivity contribution is 6.08.